The molecule has 0 aromatic heterocycles. The van der Waals surface area contributed by atoms with E-state index >= 15 is 0 Å². The molecule has 0 saturated heterocycles. The topological polar surface area (TPSA) is 113 Å². The molecule has 3 N–H and O–H groups in total. The van der Waals surface area contributed by atoms with Crippen LogP contribution in [0.15, 0.2) is 24.3 Å². The van der Waals surface area contributed by atoms with Crippen molar-refractivity contribution in [3.63, 3.8) is 0 Å². The average Bonchev–Trinajstić information content (AvgIpc) is 2.78. The van der Waals surface area contributed by atoms with Crippen LogP contribution in [0.1, 0.15) is 93.8 Å². The number of esters is 1. The van der Waals surface area contributed by atoms with E-state index in [9.17, 15) is 14.4 Å². The van der Waals surface area contributed by atoms with Crippen LogP contribution in [-0.4, -0.2) is 40.8 Å². The lowest BCUT2D eigenvalue weighted by Crippen LogP contribution is -2.29. The van der Waals surface area contributed by atoms with Crippen molar-refractivity contribution in [2.75, 3.05) is 11.9 Å². The number of nitrogens with one attached hydrogen (secondary N) is 1. The van der Waals surface area contributed by atoms with Crippen LogP contribution in [-0.2, 0) is 14.3 Å². The molecular formula is C25H37NO6. The van der Waals surface area contributed by atoms with Gasteiger partial charge in [0.1, 0.15) is 0 Å². The van der Waals surface area contributed by atoms with Crippen molar-refractivity contribution in [1.29, 1.82) is 0 Å². The molecule has 178 valence electrons. The van der Waals surface area contributed by atoms with Crippen LogP contribution < -0.4 is 5.32 Å². The summed E-state index contributed by atoms with van der Waals surface area (Å²) in [5.41, 5.74) is 1.05. The van der Waals surface area contributed by atoms with Crippen molar-refractivity contribution in [2.24, 2.45) is 5.92 Å². The van der Waals surface area contributed by atoms with Gasteiger partial charge in [0.15, 0.2) is 0 Å². The number of aliphatic carboxylic acids is 2. The molecule has 1 aliphatic carbocycles. The van der Waals surface area contributed by atoms with E-state index in [0.717, 1.165) is 24.6 Å². The smallest absolute Gasteiger partial charge is 0.345 e. The highest BCUT2D eigenvalue weighted by Gasteiger charge is 2.25. The van der Waals surface area contributed by atoms with E-state index in [1.807, 2.05) is 0 Å². The highest BCUT2D eigenvalue weighted by atomic mass is 16.6. The number of carbonyl (C=O) groups is 3. The summed E-state index contributed by atoms with van der Waals surface area (Å²) < 4.78 is 4.80. The van der Waals surface area contributed by atoms with Crippen LogP contribution in [0, 0.1) is 5.92 Å². The lowest BCUT2D eigenvalue weighted by molar-refractivity contribution is -0.153. The summed E-state index contributed by atoms with van der Waals surface area (Å²) >= 11 is 0. The summed E-state index contributed by atoms with van der Waals surface area (Å²) in [6.07, 6.45) is 13.7. The molecule has 0 heterocycles. The fraction of sp³-hybridized carbons (Fsp3) is 0.640. The third-order valence-corrected chi connectivity index (χ3v) is 6.10. The van der Waals surface area contributed by atoms with Gasteiger partial charge in [-0.3, -0.25) is 4.79 Å². The first-order valence-corrected chi connectivity index (χ1v) is 11.9. The summed E-state index contributed by atoms with van der Waals surface area (Å²) in [6.45, 7) is 0.853. The van der Waals surface area contributed by atoms with Crippen molar-refractivity contribution < 1.29 is 29.3 Å². The minimum absolute atomic E-state index is 0.181. The molecule has 32 heavy (non-hydrogen) atoms. The van der Waals surface area contributed by atoms with Gasteiger partial charge < -0.3 is 20.3 Å². The number of ether oxygens (including phenoxy) is 1. The van der Waals surface area contributed by atoms with Gasteiger partial charge in [0.05, 0.1) is 12.0 Å². The number of unbranched alkanes of at least 4 members (excludes halogenated alkanes) is 5. The minimum Gasteiger partial charge on any atom is -0.481 e. The number of rotatable bonds is 15. The standard InChI is InChI=1S/C25H37NO6/c27-23(28)18-22(24(29)30)32-25(31)20-13-15-21(16-14-20)26-17-9-4-2-1-3-6-10-19-11-7-5-8-12-19/h13-16,19,22,26H,1-12,17-18H2,(H,27,28)(H,29,30). The first-order chi connectivity index (χ1) is 15.5. The second-order valence-corrected chi connectivity index (χ2v) is 8.75. The van der Waals surface area contributed by atoms with Crippen molar-refractivity contribution in [2.45, 2.75) is 89.6 Å². The summed E-state index contributed by atoms with van der Waals surface area (Å²) in [6, 6.07) is 6.54. The molecule has 0 spiro atoms. The Balaban J connectivity index is 1.56. The van der Waals surface area contributed by atoms with Gasteiger partial charge in [-0.1, -0.05) is 70.6 Å². The van der Waals surface area contributed by atoms with Crippen LogP contribution >= 0.6 is 0 Å². The van der Waals surface area contributed by atoms with Gasteiger partial charge in [-0.05, 0) is 36.6 Å². The zero-order valence-electron chi connectivity index (χ0n) is 18.9. The molecule has 1 fully saturated rings. The van der Waals surface area contributed by atoms with Crippen LogP contribution in [0.2, 0.25) is 0 Å². The molecule has 2 rings (SSSR count). The molecule has 0 amide bonds. The van der Waals surface area contributed by atoms with E-state index in [1.165, 1.54) is 82.8 Å². The number of carboxylic acids is 2. The third kappa shape index (κ3) is 10.2. The van der Waals surface area contributed by atoms with E-state index in [0.29, 0.717) is 0 Å². The molecule has 1 atom stereocenters. The largest absolute Gasteiger partial charge is 0.481 e. The third-order valence-electron chi connectivity index (χ3n) is 6.10. The molecule has 1 aliphatic rings. The van der Waals surface area contributed by atoms with E-state index in [4.69, 9.17) is 14.9 Å². The lowest BCUT2D eigenvalue weighted by Gasteiger charge is -2.21. The second kappa shape index (κ2) is 14.5. The van der Waals surface area contributed by atoms with Crippen molar-refractivity contribution in [1.82, 2.24) is 0 Å². The quantitative estimate of drug-likeness (QED) is 0.240. The Morgan fingerprint density at radius 2 is 1.53 bits per heavy atom. The number of carboxylic acid groups (broad SMARTS) is 2. The van der Waals surface area contributed by atoms with E-state index in [1.54, 1.807) is 12.1 Å². The predicted molar refractivity (Wildman–Crippen MR) is 123 cm³/mol. The zero-order chi connectivity index (χ0) is 23.2. The molecular weight excluding hydrogens is 410 g/mol. The molecule has 1 unspecified atom stereocenters. The number of benzene rings is 1. The maximum atomic E-state index is 12.1. The highest BCUT2D eigenvalue weighted by molar-refractivity contribution is 5.92. The van der Waals surface area contributed by atoms with Gasteiger partial charge in [0, 0.05) is 12.2 Å². The second-order valence-electron chi connectivity index (χ2n) is 8.75. The SMILES string of the molecule is O=C(O)CC(OC(=O)c1ccc(NCCCCCCCCC2CCCCC2)cc1)C(=O)O. The molecule has 0 radical (unpaired) electrons. The molecule has 7 nitrogen and oxygen atoms in total. The lowest BCUT2D eigenvalue weighted by atomic mass is 9.85. The Kier molecular flexibility index (Phi) is 11.6. The normalized spacial score (nSPS) is 15.1. The highest BCUT2D eigenvalue weighted by Crippen LogP contribution is 2.28. The van der Waals surface area contributed by atoms with Gasteiger partial charge in [0.25, 0.3) is 0 Å². The number of anilines is 1. The van der Waals surface area contributed by atoms with Crippen molar-refractivity contribution in [3.8, 4) is 0 Å². The van der Waals surface area contributed by atoms with E-state index < -0.39 is 30.4 Å². The number of hydrogen-bond donors (Lipinski definition) is 3. The van der Waals surface area contributed by atoms with Gasteiger partial charge in [-0.15, -0.1) is 0 Å². The monoisotopic (exact) mass is 447 g/mol. The fourth-order valence-corrected chi connectivity index (χ4v) is 4.23. The number of carbonyl (C=O) groups excluding carboxylic acids is 1. The van der Waals surface area contributed by atoms with Crippen LogP contribution in [0.5, 0.6) is 0 Å². The average molecular weight is 448 g/mol. The Hall–Kier alpha value is -2.57. The Bertz CT molecular complexity index is 712. The first-order valence-electron chi connectivity index (χ1n) is 11.9. The summed E-state index contributed by atoms with van der Waals surface area (Å²) in [5.74, 6) is -2.69. The van der Waals surface area contributed by atoms with Gasteiger partial charge >= 0.3 is 17.9 Å². The first kappa shape index (κ1) is 25.7. The van der Waals surface area contributed by atoms with Crippen molar-refractivity contribution >= 4 is 23.6 Å². The Labute approximate surface area is 190 Å². The van der Waals surface area contributed by atoms with Gasteiger partial charge in [-0.25, -0.2) is 9.59 Å². The Morgan fingerprint density at radius 3 is 2.16 bits per heavy atom. The maximum absolute atomic E-state index is 12.1. The molecule has 0 aliphatic heterocycles. The molecule has 7 heteroatoms. The van der Waals surface area contributed by atoms with Crippen LogP contribution in [0.25, 0.3) is 0 Å². The predicted octanol–water partition coefficient (Wildman–Crippen LogP) is 5.49. The van der Waals surface area contributed by atoms with E-state index in [-0.39, 0.29) is 5.56 Å². The fourth-order valence-electron chi connectivity index (χ4n) is 4.23. The van der Waals surface area contributed by atoms with Gasteiger partial charge in [-0.2, -0.15) is 0 Å². The Morgan fingerprint density at radius 1 is 0.906 bits per heavy atom. The molecule has 1 aromatic carbocycles. The zero-order valence-corrected chi connectivity index (χ0v) is 18.9. The van der Waals surface area contributed by atoms with Crippen LogP contribution in [0.4, 0.5) is 5.69 Å². The summed E-state index contributed by atoms with van der Waals surface area (Å²) in [4.78, 5) is 33.8. The minimum atomic E-state index is -1.70. The molecule has 1 saturated carbocycles. The summed E-state index contributed by atoms with van der Waals surface area (Å²) in [7, 11) is 0. The molecule has 0 bridgehead atoms. The van der Waals surface area contributed by atoms with Gasteiger partial charge in [0.2, 0.25) is 6.10 Å². The van der Waals surface area contributed by atoms with E-state index in [2.05, 4.69) is 5.32 Å². The molecule has 1 aromatic rings. The van der Waals surface area contributed by atoms with Crippen molar-refractivity contribution in [3.05, 3.63) is 29.8 Å². The maximum Gasteiger partial charge on any atom is 0.345 e. The number of hydrogen-bond acceptors (Lipinski definition) is 5. The van der Waals surface area contributed by atoms with Crippen LogP contribution in [0.3, 0.4) is 0 Å². The summed E-state index contributed by atoms with van der Waals surface area (Å²) in [5, 5.41) is 21.0.